The maximum atomic E-state index is 12.5. The first-order valence-corrected chi connectivity index (χ1v) is 8.44. The Kier molecular flexibility index (Phi) is 5.11. The van der Waals surface area contributed by atoms with Gasteiger partial charge in [0.25, 0.3) is 5.91 Å². The average molecular weight is 394 g/mol. The molecule has 136 valence electrons. The van der Waals surface area contributed by atoms with Crippen LogP contribution < -0.4 is 15.4 Å². The summed E-state index contributed by atoms with van der Waals surface area (Å²) in [4.78, 5) is 15.8. The van der Waals surface area contributed by atoms with Crippen molar-refractivity contribution >= 4 is 40.6 Å². The van der Waals surface area contributed by atoms with Gasteiger partial charge in [-0.2, -0.15) is 5.10 Å². The van der Waals surface area contributed by atoms with E-state index in [2.05, 4.69) is 5.10 Å². The van der Waals surface area contributed by atoms with Crippen LogP contribution in [0.1, 0.15) is 5.69 Å². The third-order valence-corrected chi connectivity index (χ3v) is 4.72. The standard InChI is InChI=1S/C17H17Cl2N5O2/c1-11-16(19)17(20)21-24(11)10-15(25)23-7-5-22(6-8-23)12-3-4-13(18)14(9-12)26-2/h3-9H,10H2,1-2H3,(H2,20,21). The van der Waals surface area contributed by atoms with Crippen LogP contribution in [0.15, 0.2) is 43.0 Å². The number of rotatable bonds is 4. The van der Waals surface area contributed by atoms with E-state index >= 15 is 0 Å². The highest BCUT2D eigenvalue weighted by atomic mass is 35.5. The Balaban J connectivity index is 1.70. The molecule has 0 bridgehead atoms. The van der Waals surface area contributed by atoms with E-state index in [0.717, 1.165) is 5.69 Å². The maximum Gasteiger partial charge on any atom is 0.252 e. The normalized spacial score (nSPS) is 13.4. The second-order valence-electron chi connectivity index (χ2n) is 5.57. The molecule has 2 N–H and O–H groups in total. The number of hydrogen-bond acceptors (Lipinski definition) is 5. The van der Waals surface area contributed by atoms with Gasteiger partial charge in [0.2, 0.25) is 0 Å². The summed E-state index contributed by atoms with van der Waals surface area (Å²) in [5.74, 6) is 0.616. The van der Waals surface area contributed by atoms with Crippen LogP contribution in [0.2, 0.25) is 10.0 Å². The number of nitrogen functional groups attached to an aromatic ring is 1. The van der Waals surface area contributed by atoms with Crippen LogP contribution in [0.3, 0.4) is 0 Å². The number of ether oxygens (including phenoxy) is 1. The fourth-order valence-electron chi connectivity index (χ4n) is 2.45. The smallest absolute Gasteiger partial charge is 0.252 e. The van der Waals surface area contributed by atoms with Gasteiger partial charge in [-0.25, -0.2) is 0 Å². The lowest BCUT2D eigenvalue weighted by molar-refractivity contribution is -0.127. The van der Waals surface area contributed by atoms with Crippen LogP contribution >= 0.6 is 23.2 Å². The van der Waals surface area contributed by atoms with E-state index in [1.807, 2.05) is 17.0 Å². The molecule has 1 aliphatic rings. The number of aromatic nitrogens is 2. The minimum absolute atomic E-state index is 0.0339. The summed E-state index contributed by atoms with van der Waals surface area (Å²) in [5, 5.41) is 4.96. The van der Waals surface area contributed by atoms with Gasteiger partial charge in [-0.05, 0) is 19.1 Å². The zero-order chi connectivity index (χ0) is 18.8. The Labute approximate surface area is 160 Å². The molecule has 1 aliphatic heterocycles. The van der Waals surface area contributed by atoms with Gasteiger partial charge in [-0.1, -0.05) is 23.2 Å². The van der Waals surface area contributed by atoms with E-state index in [9.17, 15) is 4.79 Å². The van der Waals surface area contributed by atoms with E-state index in [0.29, 0.717) is 21.5 Å². The molecular formula is C17H17Cl2N5O2. The summed E-state index contributed by atoms with van der Waals surface area (Å²) < 4.78 is 6.71. The number of methoxy groups -OCH3 is 1. The first kappa shape index (κ1) is 18.2. The third kappa shape index (κ3) is 3.49. The van der Waals surface area contributed by atoms with Crippen molar-refractivity contribution in [1.29, 1.82) is 0 Å². The Morgan fingerprint density at radius 2 is 1.92 bits per heavy atom. The van der Waals surface area contributed by atoms with Gasteiger partial charge in [0.1, 0.15) is 17.3 Å². The molecule has 3 rings (SSSR count). The molecule has 0 aliphatic carbocycles. The summed E-state index contributed by atoms with van der Waals surface area (Å²) in [6, 6.07) is 5.42. The molecule has 1 amide bonds. The van der Waals surface area contributed by atoms with Gasteiger partial charge in [0.15, 0.2) is 5.82 Å². The molecule has 0 fully saturated rings. The van der Waals surface area contributed by atoms with Gasteiger partial charge in [0.05, 0.1) is 17.8 Å². The van der Waals surface area contributed by atoms with Crippen molar-refractivity contribution in [2.45, 2.75) is 13.5 Å². The van der Waals surface area contributed by atoms with Crippen molar-refractivity contribution in [3.8, 4) is 5.75 Å². The molecule has 0 saturated heterocycles. The molecular weight excluding hydrogens is 377 g/mol. The van der Waals surface area contributed by atoms with E-state index in [1.165, 1.54) is 9.58 Å². The summed E-state index contributed by atoms with van der Waals surface area (Å²) >= 11 is 12.0. The number of amides is 1. The van der Waals surface area contributed by atoms with Gasteiger partial charge < -0.3 is 15.4 Å². The molecule has 1 aromatic carbocycles. The molecule has 7 nitrogen and oxygen atoms in total. The molecule has 0 radical (unpaired) electrons. The van der Waals surface area contributed by atoms with E-state index in [1.54, 1.807) is 44.9 Å². The molecule has 0 atom stereocenters. The van der Waals surface area contributed by atoms with Crippen molar-refractivity contribution in [2.24, 2.45) is 0 Å². The van der Waals surface area contributed by atoms with Crippen LogP contribution in [-0.2, 0) is 11.3 Å². The summed E-state index contributed by atoms with van der Waals surface area (Å²) in [6.45, 7) is 1.79. The van der Waals surface area contributed by atoms with Gasteiger partial charge in [-0.15, -0.1) is 0 Å². The predicted octanol–water partition coefficient (Wildman–Crippen LogP) is 3.38. The van der Waals surface area contributed by atoms with E-state index < -0.39 is 0 Å². The molecule has 0 spiro atoms. The fourth-order valence-corrected chi connectivity index (χ4v) is 2.78. The Bertz CT molecular complexity index is 893. The minimum Gasteiger partial charge on any atom is -0.495 e. The minimum atomic E-state index is -0.173. The first-order chi connectivity index (χ1) is 12.4. The average Bonchev–Trinajstić information content (AvgIpc) is 2.89. The largest absolute Gasteiger partial charge is 0.495 e. The highest BCUT2D eigenvalue weighted by Gasteiger charge is 2.17. The van der Waals surface area contributed by atoms with Crippen molar-refractivity contribution in [1.82, 2.24) is 14.7 Å². The fraction of sp³-hybridized carbons (Fsp3) is 0.176. The SMILES string of the molecule is COc1cc(N2C=CN(C(=O)Cn3nc(N)c(Cl)c3C)C=C2)ccc1Cl. The van der Waals surface area contributed by atoms with Crippen LogP contribution in [-0.4, -0.2) is 27.7 Å². The van der Waals surface area contributed by atoms with Crippen LogP contribution in [0.4, 0.5) is 11.5 Å². The van der Waals surface area contributed by atoms with Crippen molar-refractivity contribution in [3.05, 3.63) is 58.7 Å². The van der Waals surface area contributed by atoms with E-state index in [-0.39, 0.29) is 18.3 Å². The number of halogens is 2. The zero-order valence-corrected chi connectivity index (χ0v) is 15.7. The second-order valence-corrected chi connectivity index (χ2v) is 6.35. The van der Waals surface area contributed by atoms with Crippen LogP contribution in [0.5, 0.6) is 5.75 Å². The molecule has 2 aromatic rings. The quantitative estimate of drug-likeness (QED) is 0.861. The number of anilines is 2. The summed E-state index contributed by atoms with van der Waals surface area (Å²) in [5.41, 5.74) is 7.17. The predicted molar refractivity (Wildman–Crippen MR) is 102 cm³/mol. The summed E-state index contributed by atoms with van der Waals surface area (Å²) in [6.07, 6.45) is 6.84. The van der Waals surface area contributed by atoms with Gasteiger partial charge >= 0.3 is 0 Å². The molecule has 0 saturated carbocycles. The van der Waals surface area contributed by atoms with Crippen LogP contribution in [0.25, 0.3) is 0 Å². The maximum absolute atomic E-state index is 12.5. The Morgan fingerprint density at radius 3 is 2.50 bits per heavy atom. The lowest BCUT2D eigenvalue weighted by Crippen LogP contribution is -2.29. The lowest BCUT2D eigenvalue weighted by Gasteiger charge is -2.24. The monoisotopic (exact) mass is 393 g/mol. The molecule has 0 unspecified atom stereocenters. The first-order valence-electron chi connectivity index (χ1n) is 7.68. The highest BCUT2D eigenvalue weighted by Crippen LogP contribution is 2.30. The van der Waals surface area contributed by atoms with Crippen molar-refractivity contribution in [2.75, 3.05) is 17.7 Å². The summed E-state index contributed by atoms with van der Waals surface area (Å²) in [7, 11) is 1.56. The lowest BCUT2D eigenvalue weighted by atomic mass is 10.2. The molecule has 26 heavy (non-hydrogen) atoms. The molecule has 1 aromatic heterocycles. The number of carbonyl (C=O) groups excluding carboxylic acids is 1. The number of nitrogens with two attached hydrogens (primary N) is 1. The van der Waals surface area contributed by atoms with Gasteiger partial charge in [-0.3, -0.25) is 14.4 Å². The topological polar surface area (TPSA) is 76.6 Å². The highest BCUT2D eigenvalue weighted by molar-refractivity contribution is 6.33. The number of nitrogens with zero attached hydrogens (tertiary/aromatic N) is 4. The zero-order valence-electron chi connectivity index (χ0n) is 14.2. The molecule has 9 heteroatoms. The van der Waals surface area contributed by atoms with Crippen molar-refractivity contribution < 1.29 is 9.53 Å². The number of hydrogen-bond donors (Lipinski definition) is 1. The Morgan fingerprint density at radius 1 is 1.23 bits per heavy atom. The third-order valence-electron chi connectivity index (χ3n) is 3.94. The van der Waals surface area contributed by atoms with E-state index in [4.69, 9.17) is 33.7 Å². The molecule has 2 heterocycles. The Hall–Kier alpha value is -2.64. The number of carbonyl (C=O) groups is 1. The van der Waals surface area contributed by atoms with Crippen LogP contribution in [0, 0.1) is 6.92 Å². The van der Waals surface area contributed by atoms with Gasteiger partial charge in [0, 0.05) is 36.6 Å². The number of benzene rings is 1. The second kappa shape index (κ2) is 7.31. The van der Waals surface area contributed by atoms with Crippen molar-refractivity contribution in [3.63, 3.8) is 0 Å².